The van der Waals surface area contributed by atoms with Crippen molar-refractivity contribution < 1.29 is 18.9 Å². The molecular weight excluding hydrogens is 426 g/mol. The normalized spacial score (nSPS) is 19.8. The Balaban J connectivity index is 1.41. The van der Waals surface area contributed by atoms with Gasteiger partial charge in [0.1, 0.15) is 29.6 Å². The second kappa shape index (κ2) is 10.4. The van der Waals surface area contributed by atoms with Gasteiger partial charge in [-0.15, -0.1) is 0 Å². The van der Waals surface area contributed by atoms with E-state index in [-0.39, 0.29) is 11.8 Å². The Morgan fingerprint density at radius 1 is 0.824 bits per heavy atom. The van der Waals surface area contributed by atoms with E-state index in [1.807, 2.05) is 24.3 Å². The molecule has 1 saturated heterocycles. The largest absolute Gasteiger partial charge is 0.497 e. The first-order valence-electron chi connectivity index (χ1n) is 12.1. The van der Waals surface area contributed by atoms with Crippen LogP contribution in [0.15, 0.2) is 66.7 Å². The van der Waals surface area contributed by atoms with Crippen LogP contribution >= 0.6 is 0 Å². The van der Waals surface area contributed by atoms with Crippen LogP contribution in [-0.2, 0) is 0 Å². The van der Waals surface area contributed by atoms with Crippen LogP contribution in [0.3, 0.4) is 0 Å². The summed E-state index contributed by atoms with van der Waals surface area (Å²) in [5.41, 5.74) is 3.62. The Kier molecular flexibility index (Phi) is 6.91. The van der Waals surface area contributed by atoms with Gasteiger partial charge in [0.15, 0.2) is 0 Å². The van der Waals surface area contributed by atoms with E-state index in [1.54, 1.807) is 14.2 Å². The summed E-state index contributed by atoms with van der Waals surface area (Å²) in [6, 6.07) is 23.0. The van der Waals surface area contributed by atoms with Crippen molar-refractivity contribution in [3.8, 4) is 23.0 Å². The molecule has 0 N–H and O–H groups in total. The summed E-state index contributed by atoms with van der Waals surface area (Å²) in [6.45, 7) is 4.70. The van der Waals surface area contributed by atoms with E-state index >= 15 is 0 Å². The standard InChI is InChI=1S/C29H33NO4/c1-31-24-7-5-6-22(18-24)27-20-34-28-19-25(32-2)12-13-26(28)29(27)21-8-10-23(11-9-21)33-17-16-30-14-3-4-15-30/h5-13,18-19,27,29H,3-4,14-17,20H2,1-2H3/t27-,29-/m0/s1. The summed E-state index contributed by atoms with van der Waals surface area (Å²) in [4.78, 5) is 2.47. The number of methoxy groups -OCH3 is 2. The van der Waals surface area contributed by atoms with Crippen molar-refractivity contribution in [2.75, 3.05) is 47.1 Å². The first kappa shape index (κ1) is 22.6. The molecule has 0 bridgehead atoms. The molecule has 3 aromatic carbocycles. The number of likely N-dealkylation sites (tertiary alicyclic amines) is 1. The number of nitrogens with zero attached hydrogens (tertiary/aromatic N) is 1. The Hall–Kier alpha value is -3.18. The molecule has 1 fully saturated rings. The molecule has 2 atom stereocenters. The van der Waals surface area contributed by atoms with Gasteiger partial charge in [-0.3, -0.25) is 4.90 Å². The van der Waals surface area contributed by atoms with Gasteiger partial charge in [0, 0.05) is 30.0 Å². The average Bonchev–Trinajstić information content (AvgIpc) is 3.42. The number of benzene rings is 3. The maximum atomic E-state index is 6.23. The molecule has 0 radical (unpaired) electrons. The Morgan fingerprint density at radius 2 is 1.56 bits per heavy atom. The summed E-state index contributed by atoms with van der Waals surface area (Å²) in [6.07, 6.45) is 2.61. The number of ether oxygens (including phenoxy) is 4. The Bertz CT molecular complexity index is 1090. The molecule has 2 heterocycles. The van der Waals surface area contributed by atoms with E-state index < -0.39 is 0 Å². The molecule has 2 aliphatic rings. The van der Waals surface area contributed by atoms with E-state index in [2.05, 4.69) is 47.4 Å². The van der Waals surface area contributed by atoms with Crippen LogP contribution in [-0.4, -0.2) is 52.0 Å². The van der Waals surface area contributed by atoms with Crippen molar-refractivity contribution in [1.29, 1.82) is 0 Å². The lowest BCUT2D eigenvalue weighted by molar-refractivity contribution is 0.237. The number of hydrogen-bond donors (Lipinski definition) is 0. The van der Waals surface area contributed by atoms with Gasteiger partial charge in [-0.25, -0.2) is 0 Å². The lowest BCUT2D eigenvalue weighted by Crippen LogP contribution is -2.25. The number of hydrogen-bond acceptors (Lipinski definition) is 5. The molecule has 3 aromatic rings. The first-order chi connectivity index (χ1) is 16.7. The van der Waals surface area contributed by atoms with Crippen molar-refractivity contribution in [2.24, 2.45) is 0 Å². The number of rotatable bonds is 8. The monoisotopic (exact) mass is 459 g/mol. The zero-order chi connectivity index (χ0) is 23.3. The van der Waals surface area contributed by atoms with Crippen molar-refractivity contribution in [2.45, 2.75) is 24.7 Å². The fourth-order valence-electron chi connectivity index (χ4n) is 5.16. The lowest BCUT2D eigenvalue weighted by atomic mass is 9.76. The average molecular weight is 460 g/mol. The molecule has 5 heteroatoms. The maximum absolute atomic E-state index is 6.23. The van der Waals surface area contributed by atoms with Gasteiger partial charge in [-0.05, 0) is 67.4 Å². The van der Waals surface area contributed by atoms with Gasteiger partial charge >= 0.3 is 0 Å². The van der Waals surface area contributed by atoms with Crippen LogP contribution in [0.2, 0.25) is 0 Å². The van der Waals surface area contributed by atoms with Gasteiger partial charge in [-0.2, -0.15) is 0 Å². The maximum Gasteiger partial charge on any atom is 0.126 e. The fraction of sp³-hybridized carbons (Fsp3) is 0.379. The van der Waals surface area contributed by atoms with Gasteiger partial charge < -0.3 is 18.9 Å². The molecule has 0 saturated carbocycles. The zero-order valence-corrected chi connectivity index (χ0v) is 20.0. The van der Waals surface area contributed by atoms with E-state index in [1.165, 1.54) is 42.6 Å². The van der Waals surface area contributed by atoms with Crippen LogP contribution < -0.4 is 18.9 Å². The summed E-state index contributed by atoms with van der Waals surface area (Å²) in [7, 11) is 3.39. The third kappa shape index (κ3) is 4.85. The van der Waals surface area contributed by atoms with Crippen LogP contribution in [0.4, 0.5) is 0 Å². The smallest absolute Gasteiger partial charge is 0.126 e. The zero-order valence-electron chi connectivity index (χ0n) is 20.0. The highest BCUT2D eigenvalue weighted by atomic mass is 16.5. The summed E-state index contributed by atoms with van der Waals surface area (Å²) in [5.74, 6) is 3.79. The molecule has 0 unspecified atom stereocenters. The predicted molar refractivity (Wildman–Crippen MR) is 134 cm³/mol. The van der Waals surface area contributed by atoms with Crippen molar-refractivity contribution in [3.63, 3.8) is 0 Å². The Morgan fingerprint density at radius 3 is 2.32 bits per heavy atom. The van der Waals surface area contributed by atoms with Crippen LogP contribution in [0.1, 0.15) is 41.4 Å². The third-order valence-electron chi connectivity index (χ3n) is 7.01. The molecule has 2 aliphatic heterocycles. The molecule has 178 valence electrons. The molecule has 0 spiro atoms. The van der Waals surface area contributed by atoms with Gasteiger partial charge in [0.25, 0.3) is 0 Å². The van der Waals surface area contributed by atoms with Gasteiger partial charge in [0.05, 0.1) is 20.8 Å². The van der Waals surface area contributed by atoms with Crippen LogP contribution in [0, 0.1) is 0 Å². The molecule has 0 aromatic heterocycles. The lowest BCUT2D eigenvalue weighted by Gasteiger charge is -2.35. The van der Waals surface area contributed by atoms with E-state index in [9.17, 15) is 0 Å². The highest BCUT2D eigenvalue weighted by Crippen LogP contribution is 2.47. The second-order valence-electron chi connectivity index (χ2n) is 9.04. The molecule has 34 heavy (non-hydrogen) atoms. The minimum Gasteiger partial charge on any atom is -0.497 e. The fourth-order valence-corrected chi connectivity index (χ4v) is 5.16. The molecule has 5 nitrogen and oxygen atoms in total. The minimum absolute atomic E-state index is 0.153. The highest BCUT2D eigenvalue weighted by molar-refractivity contribution is 5.51. The molecule has 5 rings (SSSR count). The second-order valence-corrected chi connectivity index (χ2v) is 9.04. The molecule has 0 aliphatic carbocycles. The van der Waals surface area contributed by atoms with Crippen LogP contribution in [0.5, 0.6) is 23.0 Å². The topological polar surface area (TPSA) is 40.2 Å². The van der Waals surface area contributed by atoms with E-state index in [0.717, 1.165) is 36.1 Å². The summed E-state index contributed by atoms with van der Waals surface area (Å²) in [5, 5.41) is 0. The Labute approximate surface area is 202 Å². The van der Waals surface area contributed by atoms with Crippen molar-refractivity contribution in [3.05, 3.63) is 83.4 Å². The highest BCUT2D eigenvalue weighted by Gasteiger charge is 2.34. The summed E-state index contributed by atoms with van der Waals surface area (Å²) >= 11 is 0. The quantitative estimate of drug-likeness (QED) is 0.446. The van der Waals surface area contributed by atoms with Gasteiger partial charge in [-0.1, -0.05) is 30.3 Å². The summed E-state index contributed by atoms with van der Waals surface area (Å²) < 4.78 is 23.2. The first-order valence-corrected chi connectivity index (χ1v) is 12.1. The van der Waals surface area contributed by atoms with E-state index in [4.69, 9.17) is 18.9 Å². The molecule has 0 amide bonds. The molecular formula is C29H33NO4. The van der Waals surface area contributed by atoms with E-state index in [0.29, 0.717) is 6.61 Å². The predicted octanol–water partition coefficient (Wildman–Crippen LogP) is 5.49. The number of fused-ring (bicyclic) bond motifs is 1. The SMILES string of the molecule is COc1cccc([C@@H]2COc3cc(OC)ccc3[C@@H]2c2ccc(OCCN3CCCC3)cc2)c1. The minimum atomic E-state index is 0.153. The third-order valence-corrected chi connectivity index (χ3v) is 7.01. The van der Waals surface area contributed by atoms with Gasteiger partial charge in [0.2, 0.25) is 0 Å². The van der Waals surface area contributed by atoms with Crippen molar-refractivity contribution >= 4 is 0 Å². The van der Waals surface area contributed by atoms with Crippen molar-refractivity contribution in [1.82, 2.24) is 4.90 Å². The van der Waals surface area contributed by atoms with Crippen LogP contribution in [0.25, 0.3) is 0 Å².